The van der Waals surface area contributed by atoms with Crippen molar-refractivity contribution in [2.75, 3.05) is 13.1 Å². The van der Waals surface area contributed by atoms with Gasteiger partial charge >= 0.3 is 0 Å². The normalized spacial score (nSPS) is 17.9. The highest BCUT2D eigenvalue weighted by atomic mass is 35.5. The average molecular weight is 323 g/mol. The third-order valence-corrected chi connectivity index (χ3v) is 4.81. The Bertz CT molecular complexity index is 671. The molecule has 110 valence electrons. The largest absolute Gasteiger partial charge is 0.482 e. The molecule has 0 fully saturated rings. The first-order valence-corrected chi connectivity index (χ1v) is 7.94. The molecule has 3 rings (SSSR count). The van der Waals surface area contributed by atoms with Crippen molar-refractivity contribution < 1.29 is 9.53 Å². The van der Waals surface area contributed by atoms with Gasteiger partial charge in [-0.25, -0.2) is 0 Å². The number of primary amides is 1. The summed E-state index contributed by atoms with van der Waals surface area (Å²) in [6, 6.07) is 7.00. The van der Waals surface area contributed by atoms with E-state index in [2.05, 4.69) is 16.8 Å². The van der Waals surface area contributed by atoms with E-state index in [1.165, 1.54) is 10.4 Å². The number of thiophene rings is 1. The lowest BCUT2D eigenvalue weighted by Gasteiger charge is -2.18. The van der Waals surface area contributed by atoms with Gasteiger partial charge < -0.3 is 15.8 Å². The van der Waals surface area contributed by atoms with Crippen molar-refractivity contribution >= 4 is 28.8 Å². The molecule has 1 atom stereocenters. The fourth-order valence-electron chi connectivity index (χ4n) is 2.38. The van der Waals surface area contributed by atoms with Crippen molar-refractivity contribution in [1.82, 2.24) is 5.32 Å². The number of rotatable bonds is 3. The van der Waals surface area contributed by atoms with Gasteiger partial charge in [0.15, 0.2) is 0 Å². The van der Waals surface area contributed by atoms with Gasteiger partial charge in [0.1, 0.15) is 11.9 Å². The van der Waals surface area contributed by atoms with Crippen LogP contribution in [0.1, 0.15) is 26.9 Å². The minimum atomic E-state index is -0.500. The number of nitrogens with one attached hydrogen (secondary N) is 1. The highest BCUT2D eigenvalue weighted by Gasteiger charge is 2.22. The van der Waals surface area contributed by atoms with Gasteiger partial charge in [-0.05, 0) is 48.2 Å². The molecule has 3 N–H and O–H groups in total. The zero-order chi connectivity index (χ0) is 14.8. The summed E-state index contributed by atoms with van der Waals surface area (Å²) in [6.45, 7) is 1.68. The SMILES string of the molecule is NC(=O)c1ccc(OC2CNCCc3ccsc32)c(Cl)c1. The number of hydrogen-bond donors (Lipinski definition) is 2. The number of carbonyl (C=O) groups excluding carboxylic acids is 1. The molecule has 0 spiro atoms. The predicted octanol–water partition coefficient (Wildman–Crippen LogP) is 2.77. The Labute approximate surface area is 131 Å². The molecule has 0 aliphatic carbocycles. The second-order valence-electron chi connectivity index (χ2n) is 4.88. The molecule has 4 nitrogen and oxygen atoms in total. The third kappa shape index (κ3) is 3.05. The van der Waals surface area contributed by atoms with E-state index < -0.39 is 5.91 Å². The molecule has 1 unspecified atom stereocenters. The number of halogens is 1. The second-order valence-corrected chi connectivity index (χ2v) is 6.24. The number of fused-ring (bicyclic) bond motifs is 1. The third-order valence-electron chi connectivity index (χ3n) is 3.46. The van der Waals surface area contributed by atoms with Gasteiger partial charge in [-0.2, -0.15) is 0 Å². The molecule has 0 bridgehead atoms. The summed E-state index contributed by atoms with van der Waals surface area (Å²) in [5.74, 6) is 0.0647. The molecular weight excluding hydrogens is 308 g/mol. The molecule has 21 heavy (non-hydrogen) atoms. The lowest BCUT2D eigenvalue weighted by Crippen LogP contribution is -2.23. The molecule has 2 heterocycles. The Morgan fingerprint density at radius 2 is 2.29 bits per heavy atom. The Hall–Kier alpha value is -1.56. The monoisotopic (exact) mass is 322 g/mol. The van der Waals surface area contributed by atoms with Gasteiger partial charge in [0.25, 0.3) is 0 Å². The zero-order valence-electron chi connectivity index (χ0n) is 11.3. The van der Waals surface area contributed by atoms with Gasteiger partial charge in [0.2, 0.25) is 5.91 Å². The summed E-state index contributed by atoms with van der Waals surface area (Å²) >= 11 is 7.88. The lowest BCUT2D eigenvalue weighted by atomic mass is 10.1. The Morgan fingerprint density at radius 3 is 3.05 bits per heavy atom. The molecule has 2 aromatic rings. The second kappa shape index (κ2) is 6.05. The summed E-state index contributed by atoms with van der Waals surface area (Å²) in [4.78, 5) is 12.4. The smallest absolute Gasteiger partial charge is 0.248 e. The van der Waals surface area contributed by atoms with Crippen LogP contribution in [-0.4, -0.2) is 19.0 Å². The quantitative estimate of drug-likeness (QED) is 0.913. The van der Waals surface area contributed by atoms with Gasteiger partial charge in [0, 0.05) is 17.0 Å². The maximum Gasteiger partial charge on any atom is 0.248 e. The summed E-state index contributed by atoms with van der Waals surface area (Å²) in [7, 11) is 0. The molecular formula is C15H15ClN2O2S. The average Bonchev–Trinajstić information content (AvgIpc) is 2.84. The topological polar surface area (TPSA) is 64.4 Å². The van der Waals surface area contributed by atoms with E-state index in [4.69, 9.17) is 22.1 Å². The van der Waals surface area contributed by atoms with Crippen LogP contribution in [0.2, 0.25) is 5.02 Å². The molecule has 6 heteroatoms. The van der Waals surface area contributed by atoms with Crippen molar-refractivity contribution in [2.24, 2.45) is 5.73 Å². The molecule has 0 saturated carbocycles. The van der Waals surface area contributed by atoms with Crippen LogP contribution in [0.3, 0.4) is 0 Å². The fraction of sp³-hybridized carbons (Fsp3) is 0.267. The summed E-state index contributed by atoms with van der Waals surface area (Å²) < 4.78 is 6.05. The van der Waals surface area contributed by atoms with E-state index in [1.54, 1.807) is 29.5 Å². The molecule has 1 aromatic heterocycles. The van der Waals surface area contributed by atoms with Gasteiger partial charge in [-0.1, -0.05) is 11.6 Å². The van der Waals surface area contributed by atoms with Crippen LogP contribution in [0.25, 0.3) is 0 Å². The van der Waals surface area contributed by atoms with E-state index >= 15 is 0 Å². The van der Waals surface area contributed by atoms with Gasteiger partial charge in [-0.3, -0.25) is 4.79 Å². The van der Waals surface area contributed by atoms with Crippen molar-refractivity contribution in [3.63, 3.8) is 0 Å². The van der Waals surface area contributed by atoms with Crippen LogP contribution in [0.5, 0.6) is 5.75 Å². The number of nitrogens with two attached hydrogens (primary N) is 1. The highest BCUT2D eigenvalue weighted by molar-refractivity contribution is 7.10. The standard InChI is InChI=1S/C15H15ClN2O2S/c16-11-7-10(15(17)19)1-2-12(11)20-13-8-18-5-3-9-4-6-21-14(9)13/h1-2,4,6-7,13,18H,3,5,8H2,(H2,17,19). The Morgan fingerprint density at radius 1 is 1.43 bits per heavy atom. The fourth-order valence-corrected chi connectivity index (χ4v) is 3.59. The molecule has 1 aromatic carbocycles. The highest BCUT2D eigenvalue weighted by Crippen LogP contribution is 2.34. The van der Waals surface area contributed by atoms with Crippen molar-refractivity contribution in [3.8, 4) is 5.75 Å². The maximum atomic E-state index is 11.1. The number of ether oxygens (including phenoxy) is 1. The van der Waals surface area contributed by atoms with Crippen LogP contribution in [0.4, 0.5) is 0 Å². The first kappa shape index (κ1) is 14.4. The summed E-state index contributed by atoms with van der Waals surface area (Å²) in [6.07, 6.45) is 0.937. The van der Waals surface area contributed by atoms with E-state index in [1.807, 2.05) is 0 Å². The van der Waals surface area contributed by atoms with Crippen LogP contribution >= 0.6 is 22.9 Å². The Balaban J connectivity index is 1.85. The molecule has 0 radical (unpaired) electrons. The number of benzene rings is 1. The van der Waals surface area contributed by atoms with Crippen LogP contribution in [0, 0.1) is 0 Å². The van der Waals surface area contributed by atoms with Crippen molar-refractivity contribution in [3.05, 3.63) is 50.7 Å². The van der Waals surface area contributed by atoms with Gasteiger partial charge in [-0.15, -0.1) is 11.3 Å². The number of carbonyl (C=O) groups is 1. The molecule has 1 aliphatic rings. The Kier molecular flexibility index (Phi) is 4.14. The molecule has 1 amide bonds. The van der Waals surface area contributed by atoms with Crippen molar-refractivity contribution in [1.29, 1.82) is 0 Å². The van der Waals surface area contributed by atoms with E-state index in [0.29, 0.717) is 16.3 Å². The van der Waals surface area contributed by atoms with E-state index in [-0.39, 0.29) is 6.10 Å². The van der Waals surface area contributed by atoms with Crippen LogP contribution in [0.15, 0.2) is 29.6 Å². The van der Waals surface area contributed by atoms with E-state index in [0.717, 1.165) is 19.5 Å². The minimum absolute atomic E-state index is 0.0700. The molecule has 1 aliphatic heterocycles. The van der Waals surface area contributed by atoms with Crippen LogP contribution < -0.4 is 15.8 Å². The lowest BCUT2D eigenvalue weighted by molar-refractivity contribution is 0.1000. The minimum Gasteiger partial charge on any atom is -0.482 e. The summed E-state index contributed by atoms with van der Waals surface area (Å²) in [5, 5.41) is 5.85. The maximum absolute atomic E-state index is 11.1. The van der Waals surface area contributed by atoms with Crippen molar-refractivity contribution in [2.45, 2.75) is 12.5 Å². The van der Waals surface area contributed by atoms with Crippen LogP contribution in [-0.2, 0) is 6.42 Å². The zero-order valence-corrected chi connectivity index (χ0v) is 12.8. The first-order chi connectivity index (χ1) is 10.1. The number of hydrogen-bond acceptors (Lipinski definition) is 4. The summed E-state index contributed by atoms with van der Waals surface area (Å²) in [5.41, 5.74) is 6.94. The number of amides is 1. The first-order valence-electron chi connectivity index (χ1n) is 6.68. The predicted molar refractivity (Wildman–Crippen MR) is 84.2 cm³/mol. The molecule has 0 saturated heterocycles. The van der Waals surface area contributed by atoms with E-state index in [9.17, 15) is 4.79 Å². The van der Waals surface area contributed by atoms with Gasteiger partial charge in [0.05, 0.1) is 5.02 Å².